The standard InChI is InChI=1S/C12H22N4O3S/c1-4-6-7-9(5-2)12(17)14-11-10(20(13,18)19)8-16(3)15-11/h8-9H,4-7H2,1-3H3,(H2,13,18,19)(H,14,15,17). The van der Waals surface area contributed by atoms with E-state index in [9.17, 15) is 13.2 Å². The van der Waals surface area contributed by atoms with Crippen LogP contribution in [0.15, 0.2) is 11.1 Å². The van der Waals surface area contributed by atoms with Crippen molar-refractivity contribution < 1.29 is 13.2 Å². The first-order valence-electron chi connectivity index (χ1n) is 6.66. The van der Waals surface area contributed by atoms with Crippen molar-refractivity contribution in [1.82, 2.24) is 9.78 Å². The van der Waals surface area contributed by atoms with Crippen LogP contribution in [0.5, 0.6) is 0 Å². The summed E-state index contributed by atoms with van der Waals surface area (Å²) in [5.74, 6) is -0.371. The molecule has 1 heterocycles. The molecule has 8 heteroatoms. The van der Waals surface area contributed by atoms with E-state index >= 15 is 0 Å². The minimum absolute atomic E-state index is 0.00468. The number of unbranched alkanes of at least 4 members (excludes halogenated alkanes) is 1. The highest BCUT2D eigenvalue weighted by molar-refractivity contribution is 7.89. The summed E-state index contributed by atoms with van der Waals surface area (Å²) in [6, 6.07) is 0. The van der Waals surface area contributed by atoms with Crippen LogP contribution >= 0.6 is 0 Å². The van der Waals surface area contributed by atoms with Crippen LogP contribution in [0.3, 0.4) is 0 Å². The summed E-state index contributed by atoms with van der Waals surface area (Å²) in [4.78, 5) is 12.0. The first-order chi connectivity index (χ1) is 9.29. The molecule has 1 unspecified atom stereocenters. The number of amides is 1. The van der Waals surface area contributed by atoms with Gasteiger partial charge in [-0.15, -0.1) is 0 Å². The molecule has 3 N–H and O–H groups in total. The van der Waals surface area contributed by atoms with Crippen LogP contribution < -0.4 is 10.5 Å². The first kappa shape index (κ1) is 16.6. The Kier molecular flexibility index (Phi) is 5.70. The number of sulfonamides is 1. The third-order valence-corrected chi connectivity index (χ3v) is 4.02. The van der Waals surface area contributed by atoms with Crippen LogP contribution in [0.25, 0.3) is 0 Å². The Bertz CT molecular complexity index is 565. The first-order valence-corrected chi connectivity index (χ1v) is 8.21. The van der Waals surface area contributed by atoms with Gasteiger partial charge in [0.1, 0.15) is 4.90 Å². The van der Waals surface area contributed by atoms with Gasteiger partial charge in [-0.1, -0.05) is 26.7 Å². The minimum Gasteiger partial charge on any atom is -0.308 e. The van der Waals surface area contributed by atoms with Crippen molar-refractivity contribution in [2.75, 3.05) is 5.32 Å². The molecule has 1 amide bonds. The van der Waals surface area contributed by atoms with Gasteiger partial charge in [-0.2, -0.15) is 5.10 Å². The molecule has 1 aromatic rings. The predicted octanol–water partition coefficient (Wildman–Crippen LogP) is 1.22. The molecule has 0 aliphatic carbocycles. The number of aromatic nitrogens is 2. The van der Waals surface area contributed by atoms with Gasteiger partial charge in [-0.3, -0.25) is 9.48 Å². The molecule has 7 nitrogen and oxygen atoms in total. The normalized spacial score (nSPS) is 13.2. The second-order valence-electron chi connectivity index (χ2n) is 4.80. The zero-order valence-corrected chi connectivity index (χ0v) is 12.9. The molecule has 0 saturated heterocycles. The van der Waals surface area contributed by atoms with E-state index in [1.54, 1.807) is 7.05 Å². The van der Waals surface area contributed by atoms with Gasteiger partial charge in [-0.25, -0.2) is 13.6 Å². The maximum absolute atomic E-state index is 12.1. The molecule has 0 radical (unpaired) electrons. The van der Waals surface area contributed by atoms with Crippen molar-refractivity contribution in [3.05, 3.63) is 6.20 Å². The number of primary sulfonamides is 1. The lowest BCUT2D eigenvalue weighted by Gasteiger charge is -2.13. The fraction of sp³-hybridized carbons (Fsp3) is 0.667. The summed E-state index contributed by atoms with van der Waals surface area (Å²) in [5, 5.41) is 11.6. The molecular weight excluding hydrogens is 280 g/mol. The minimum atomic E-state index is -3.91. The van der Waals surface area contributed by atoms with Crippen LogP contribution in [0.2, 0.25) is 0 Å². The summed E-state index contributed by atoms with van der Waals surface area (Å²) in [5.41, 5.74) is 0. The smallest absolute Gasteiger partial charge is 0.243 e. The summed E-state index contributed by atoms with van der Waals surface area (Å²) in [7, 11) is -2.34. The molecular formula is C12H22N4O3S. The van der Waals surface area contributed by atoms with Gasteiger partial charge in [0.25, 0.3) is 0 Å². The molecule has 0 aliphatic rings. The van der Waals surface area contributed by atoms with E-state index in [1.165, 1.54) is 10.9 Å². The number of nitrogens with two attached hydrogens (primary N) is 1. The molecule has 0 aliphatic heterocycles. The van der Waals surface area contributed by atoms with Crippen LogP contribution in [0.1, 0.15) is 39.5 Å². The number of carbonyl (C=O) groups excluding carboxylic acids is 1. The number of hydrogen-bond acceptors (Lipinski definition) is 4. The molecule has 0 fully saturated rings. The van der Waals surface area contributed by atoms with Crippen molar-refractivity contribution in [3.63, 3.8) is 0 Å². The van der Waals surface area contributed by atoms with Gasteiger partial charge >= 0.3 is 0 Å². The number of anilines is 1. The largest absolute Gasteiger partial charge is 0.308 e. The molecule has 1 aromatic heterocycles. The van der Waals surface area contributed by atoms with E-state index in [0.717, 1.165) is 19.3 Å². The van der Waals surface area contributed by atoms with Crippen LogP contribution in [-0.4, -0.2) is 24.1 Å². The average molecular weight is 302 g/mol. The van der Waals surface area contributed by atoms with Crippen molar-refractivity contribution >= 4 is 21.7 Å². The number of aryl methyl sites for hydroxylation is 1. The predicted molar refractivity (Wildman–Crippen MR) is 76.5 cm³/mol. The number of hydrogen-bond donors (Lipinski definition) is 2. The van der Waals surface area contributed by atoms with Crippen molar-refractivity contribution in [1.29, 1.82) is 0 Å². The second-order valence-corrected chi connectivity index (χ2v) is 6.33. The number of nitrogens with one attached hydrogen (secondary N) is 1. The monoisotopic (exact) mass is 302 g/mol. The molecule has 1 rings (SSSR count). The van der Waals surface area contributed by atoms with Crippen molar-refractivity contribution in [3.8, 4) is 0 Å². The fourth-order valence-corrected chi connectivity index (χ4v) is 2.61. The van der Waals surface area contributed by atoms with E-state index in [0.29, 0.717) is 6.42 Å². The maximum atomic E-state index is 12.1. The van der Waals surface area contributed by atoms with Crippen molar-refractivity contribution in [2.24, 2.45) is 18.1 Å². The van der Waals surface area contributed by atoms with Gasteiger partial charge in [0.15, 0.2) is 5.82 Å². The van der Waals surface area contributed by atoms with Crippen LogP contribution in [-0.2, 0) is 21.9 Å². The topological polar surface area (TPSA) is 107 Å². The third kappa shape index (κ3) is 4.31. The van der Waals surface area contributed by atoms with E-state index < -0.39 is 10.0 Å². The summed E-state index contributed by atoms with van der Waals surface area (Å²) in [6.45, 7) is 3.99. The molecule has 1 atom stereocenters. The van der Waals surface area contributed by atoms with E-state index in [-0.39, 0.29) is 22.5 Å². The van der Waals surface area contributed by atoms with Gasteiger partial charge in [0, 0.05) is 19.2 Å². The lowest BCUT2D eigenvalue weighted by Crippen LogP contribution is -2.24. The molecule has 0 aromatic carbocycles. The molecule has 0 saturated carbocycles. The van der Waals surface area contributed by atoms with Crippen LogP contribution in [0.4, 0.5) is 5.82 Å². The Labute approximate surface area is 119 Å². The van der Waals surface area contributed by atoms with Gasteiger partial charge in [0.2, 0.25) is 15.9 Å². The van der Waals surface area contributed by atoms with E-state index in [1.807, 2.05) is 6.92 Å². The number of carbonyl (C=O) groups is 1. The van der Waals surface area contributed by atoms with E-state index in [2.05, 4.69) is 17.3 Å². The zero-order valence-electron chi connectivity index (χ0n) is 12.1. The fourth-order valence-electron chi connectivity index (χ4n) is 1.95. The lowest BCUT2D eigenvalue weighted by molar-refractivity contribution is -0.120. The Morgan fingerprint density at radius 3 is 2.65 bits per heavy atom. The molecule has 0 spiro atoms. The van der Waals surface area contributed by atoms with Gasteiger partial charge < -0.3 is 5.32 Å². The highest BCUT2D eigenvalue weighted by Gasteiger charge is 2.23. The summed E-state index contributed by atoms with van der Waals surface area (Å²) in [6.07, 6.45) is 4.71. The highest BCUT2D eigenvalue weighted by Crippen LogP contribution is 2.20. The maximum Gasteiger partial charge on any atom is 0.243 e. The summed E-state index contributed by atoms with van der Waals surface area (Å²) >= 11 is 0. The van der Waals surface area contributed by atoms with Gasteiger partial charge in [0.05, 0.1) is 0 Å². The number of nitrogens with zero attached hydrogens (tertiary/aromatic N) is 2. The SMILES string of the molecule is CCCCC(CC)C(=O)Nc1nn(C)cc1S(N)(=O)=O. The number of rotatable bonds is 7. The lowest BCUT2D eigenvalue weighted by atomic mass is 9.98. The Morgan fingerprint density at radius 2 is 2.15 bits per heavy atom. The Hall–Kier alpha value is -1.41. The quantitative estimate of drug-likeness (QED) is 0.789. The summed E-state index contributed by atoms with van der Waals surface area (Å²) < 4.78 is 24.2. The Balaban J connectivity index is 2.90. The zero-order chi connectivity index (χ0) is 15.3. The van der Waals surface area contributed by atoms with Crippen LogP contribution in [0, 0.1) is 5.92 Å². The second kappa shape index (κ2) is 6.85. The average Bonchev–Trinajstić information content (AvgIpc) is 2.71. The van der Waals surface area contributed by atoms with Gasteiger partial charge in [-0.05, 0) is 12.8 Å². The molecule has 20 heavy (non-hydrogen) atoms. The third-order valence-electron chi connectivity index (χ3n) is 3.11. The van der Waals surface area contributed by atoms with E-state index in [4.69, 9.17) is 5.14 Å². The molecule has 0 bridgehead atoms. The molecule has 114 valence electrons. The van der Waals surface area contributed by atoms with Crippen molar-refractivity contribution in [2.45, 2.75) is 44.4 Å². The Morgan fingerprint density at radius 1 is 1.50 bits per heavy atom. The highest BCUT2D eigenvalue weighted by atomic mass is 32.2.